The molecule has 0 N–H and O–H groups in total. The van der Waals surface area contributed by atoms with E-state index in [1.54, 1.807) is 34.9 Å². The van der Waals surface area contributed by atoms with Gasteiger partial charge in [0.25, 0.3) is 0 Å². The van der Waals surface area contributed by atoms with Gasteiger partial charge in [-0.3, -0.25) is 0 Å². The predicted octanol–water partition coefficient (Wildman–Crippen LogP) is 1.79. The van der Waals surface area contributed by atoms with Crippen LogP contribution in [0.2, 0.25) is 0 Å². The third-order valence-electron chi connectivity index (χ3n) is 2.04. The van der Waals surface area contributed by atoms with Crippen molar-refractivity contribution < 1.29 is 14.2 Å². The van der Waals surface area contributed by atoms with Gasteiger partial charge in [-0.25, -0.2) is 0 Å². The van der Waals surface area contributed by atoms with Crippen LogP contribution in [-0.2, 0) is 14.2 Å². The van der Waals surface area contributed by atoms with E-state index in [1.807, 2.05) is 0 Å². The molecule has 0 spiro atoms. The maximum absolute atomic E-state index is 5.45. The summed E-state index contributed by atoms with van der Waals surface area (Å²) >= 11 is 5.01. The average Bonchev–Trinajstić information content (AvgIpc) is 2.82. The lowest BCUT2D eigenvalue weighted by atomic mass is 10.7. The Labute approximate surface area is 119 Å². The van der Waals surface area contributed by atoms with E-state index in [2.05, 4.69) is 10.2 Å². The van der Waals surface area contributed by atoms with Crippen molar-refractivity contribution in [3.63, 3.8) is 0 Å². The Morgan fingerprint density at radius 1 is 0.667 bits per heavy atom. The van der Waals surface area contributed by atoms with Gasteiger partial charge in [0.1, 0.15) is 0 Å². The molecule has 0 radical (unpaired) electrons. The van der Waals surface area contributed by atoms with Crippen molar-refractivity contribution in [3.05, 3.63) is 0 Å². The molecule has 8 heteroatoms. The van der Waals surface area contributed by atoms with E-state index in [9.17, 15) is 0 Å². The quantitative estimate of drug-likeness (QED) is 0.724. The Kier molecular flexibility index (Phi) is 7.36. The smallest absolute Gasteiger partial charge is 0.175 e. The Morgan fingerprint density at radius 2 is 1.11 bits per heavy atom. The Balaban J connectivity index is 1.77. The molecule has 0 aromatic carbocycles. The van der Waals surface area contributed by atoms with E-state index in [0.717, 1.165) is 20.2 Å². The first-order valence-corrected chi connectivity index (χ1v) is 8.56. The Hall–Kier alpha value is 0.140. The van der Waals surface area contributed by atoms with Crippen LogP contribution in [0.1, 0.15) is 0 Å². The van der Waals surface area contributed by atoms with E-state index >= 15 is 0 Å². The second-order valence-electron chi connectivity index (χ2n) is 3.37. The molecule has 5 nitrogen and oxygen atoms in total. The number of ether oxygens (including phenoxy) is 3. The van der Waals surface area contributed by atoms with Crippen molar-refractivity contribution in [2.24, 2.45) is 0 Å². The van der Waals surface area contributed by atoms with Crippen LogP contribution < -0.4 is 0 Å². The molecule has 0 saturated carbocycles. The van der Waals surface area contributed by atoms with Crippen LogP contribution in [0, 0.1) is 0 Å². The molecular formula is C10H16N2O3S3. The summed E-state index contributed by atoms with van der Waals surface area (Å²) in [6.07, 6.45) is 0. The normalized spacial score (nSPS) is 20.7. The predicted molar refractivity (Wildman–Crippen MR) is 73.8 cm³/mol. The molecule has 1 aromatic rings. The largest absolute Gasteiger partial charge is 0.378 e. The lowest BCUT2D eigenvalue weighted by molar-refractivity contribution is 0.0205. The van der Waals surface area contributed by atoms with Gasteiger partial charge in [-0.05, 0) is 0 Å². The fraction of sp³-hybridized carbons (Fsp3) is 0.800. The lowest BCUT2D eigenvalue weighted by Gasteiger charge is -2.06. The maximum Gasteiger partial charge on any atom is 0.175 e. The summed E-state index contributed by atoms with van der Waals surface area (Å²) in [6, 6.07) is 0. The molecule has 0 unspecified atom stereocenters. The molecule has 1 aliphatic heterocycles. The van der Waals surface area contributed by atoms with Gasteiger partial charge >= 0.3 is 0 Å². The van der Waals surface area contributed by atoms with E-state index in [-0.39, 0.29) is 0 Å². The van der Waals surface area contributed by atoms with Gasteiger partial charge < -0.3 is 14.2 Å². The van der Waals surface area contributed by atoms with Crippen molar-refractivity contribution in [2.45, 2.75) is 8.68 Å². The van der Waals surface area contributed by atoms with Crippen molar-refractivity contribution in [2.75, 3.05) is 51.1 Å². The molecule has 1 aromatic heterocycles. The number of hydrogen-bond donors (Lipinski definition) is 0. The van der Waals surface area contributed by atoms with E-state index < -0.39 is 0 Å². The molecule has 0 amide bonds. The second-order valence-corrected chi connectivity index (χ2v) is 7.03. The summed E-state index contributed by atoms with van der Waals surface area (Å²) in [4.78, 5) is 0. The highest BCUT2D eigenvalue weighted by atomic mass is 32.2. The third-order valence-corrected chi connectivity index (χ3v) is 5.16. The first-order valence-electron chi connectivity index (χ1n) is 5.77. The molecule has 18 heavy (non-hydrogen) atoms. The van der Waals surface area contributed by atoms with Crippen LogP contribution in [0.25, 0.3) is 0 Å². The summed E-state index contributed by atoms with van der Waals surface area (Å²) in [6.45, 7) is 3.96. The highest BCUT2D eigenvalue weighted by Crippen LogP contribution is 2.28. The molecule has 2 rings (SSSR count). The SMILES string of the molecule is C1COCCSc2nnc(s2)SCCOCCO1. The van der Waals surface area contributed by atoms with Gasteiger partial charge in [-0.1, -0.05) is 34.9 Å². The van der Waals surface area contributed by atoms with Crippen LogP contribution in [0.5, 0.6) is 0 Å². The molecule has 2 heterocycles. The zero-order chi connectivity index (χ0) is 12.5. The van der Waals surface area contributed by atoms with Gasteiger partial charge in [0.15, 0.2) is 8.68 Å². The monoisotopic (exact) mass is 308 g/mol. The minimum absolute atomic E-state index is 0.631. The molecule has 0 saturated heterocycles. The van der Waals surface area contributed by atoms with Crippen LogP contribution >= 0.6 is 34.9 Å². The van der Waals surface area contributed by atoms with Crippen molar-refractivity contribution in [1.82, 2.24) is 10.2 Å². The number of thioether (sulfide) groups is 2. The highest BCUT2D eigenvalue weighted by molar-refractivity contribution is 8.03. The van der Waals surface area contributed by atoms with Gasteiger partial charge in [-0.2, -0.15) is 0 Å². The van der Waals surface area contributed by atoms with Crippen LogP contribution in [0.15, 0.2) is 8.68 Å². The molecule has 102 valence electrons. The van der Waals surface area contributed by atoms with Gasteiger partial charge in [0.05, 0.1) is 39.6 Å². The van der Waals surface area contributed by atoms with E-state index in [0.29, 0.717) is 39.6 Å². The standard InChI is InChI=1S/C10H16N2O3S3/c1-3-14-5-7-16-9-11-12-10(18-9)17-8-6-15-4-2-13-1/h1-8H2. The van der Waals surface area contributed by atoms with E-state index in [4.69, 9.17) is 14.2 Å². The Bertz CT molecular complexity index is 309. The Morgan fingerprint density at radius 3 is 1.61 bits per heavy atom. The zero-order valence-corrected chi connectivity index (χ0v) is 12.5. The zero-order valence-electron chi connectivity index (χ0n) is 10.0. The maximum atomic E-state index is 5.45. The second kappa shape index (κ2) is 9.11. The molecule has 0 aliphatic carbocycles. The van der Waals surface area contributed by atoms with Crippen LogP contribution in [0.4, 0.5) is 0 Å². The van der Waals surface area contributed by atoms with Crippen molar-refractivity contribution in [3.8, 4) is 0 Å². The van der Waals surface area contributed by atoms with Gasteiger partial charge in [0.2, 0.25) is 0 Å². The number of rotatable bonds is 0. The fourth-order valence-corrected chi connectivity index (χ4v) is 4.10. The minimum Gasteiger partial charge on any atom is -0.378 e. The summed E-state index contributed by atoms with van der Waals surface area (Å²) in [5, 5.41) is 8.27. The summed E-state index contributed by atoms with van der Waals surface area (Å²) < 4.78 is 18.3. The average molecular weight is 308 g/mol. The van der Waals surface area contributed by atoms with Crippen LogP contribution in [-0.4, -0.2) is 61.3 Å². The van der Waals surface area contributed by atoms with Gasteiger partial charge in [-0.15, -0.1) is 10.2 Å². The topological polar surface area (TPSA) is 53.5 Å². The highest BCUT2D eigenvalue weighted by Gasteiger charge is 2.05. The molecule has 1 aliphatic rings. The fourth-order valence-electron chi connectivity index (χ4n) is 1.23. The summed E-state index contributed by atoms with van der Waals surface area (Å²) in [7, 11) is 0. The van der Waals surface area contributed by atoms with Crippen LogP contribution in [0.3, 0.4) is 0 Å². The van der Waals surface area contributed by atoms with Crippen molar-refractivity contribution in [1.29, 1.82) is 0 Å². The first-order chi connectivity index (χ1) is 8.95. The molecule has 2 bridgehead atoms. The number of aromatic nitrogens is 2. The molecular weight excluding hydrogens is 292 g/mol. The number of fused-ring (bicyclic) bond motifs is 2. The van der Waals surface area contributed by atoms with Crippen molar-refractivity contribution >= 4 is 34.9 Å². The van der Waals surface area contributed by atoms with Gasteiger partial charge in [0, 0.05) is 11.5 Å². The lowest BCUT2D eigenvalue weighted by Crippen LogP contribution is -2.11. The third kappa shape index (κ3) is 5.85. The summed E-state index contributed by atoms with van der Waals surface area (Å²) in [5.74, 6) is 1.81. The summed E-state index contributed by atoms with van der Waals surface area (Å²) in [5.41, 5.74) is 0. The molecule has 0 fully saturated rings. The molecule has 0 atom stereocenters. The minimum atomic E-state index is 0.631. The van der Waals surface area contributed by atoms with E-state index in [1.165, 1.54) is 0 Å². The first kappa shape index (κ1) is 14.5. The number of hydrogen-bond acceptors (Lipinski definition) is 8. The number of nitrogens with zero attached hydrogens (tertiary/aromatic N) is 2.